The van der Waals surface area contributed by atoms with Gasteiger partial charge in [0.1, 0.15) is 0 Å². The van der Waals surface area contributed by atoms with Crippen LogP contribution in [0.1, 0.15) is 13.3 Å². The van der Waals surface area contributed by atoms with Gasteiger partial charge in [-0.3, -0.25) is 0 Å². The van der Waals surface area contributed by atoms with Gasteiger partial charge in [-0.25, -0.2) is 4.79 Å². The Labute approximate surface area is 232 Å². The maximum Gasteiger partial charge on any atom is 0.335 e. The van der Waals surface area contributed by atoms with Crippen LogP contribution in [0.25, 0.3) is 40.3 Å². The van der Waals surface area contributed by atoms with Crippen LogP contribution < -0.4 is 0 Å². The highest BCUT2D eigenvalue weighted by atomic mass is 32.2. The first-order valence-electron chi connectivity index (χ1n) is 12.2. The van der Waals surface area contributed by atoms with Crippen molar-refractivity contribution in [3.63, 3.8) is 0 Å². The lowest BCUT2D eigenvalue weighted by atomic mass is 10.1. The number of rotatable bonds is 8. The molecule has 6 heteroatoms. The van der Waals surface area contributed by atoms with Crippen LogP contribution in [0.5, 0.6) is 0 Å². The van der Waals surface area contributed by atoms with Gasteiger partial charge >= 0.3 is 5.97 Å². The first-order chi connectivity index (χ1) is 18.2. The van der Waals surface area contributed by atoms with E-state index in [1.807, 2.05) is 23.7 Å². The average Bonchev–Trinajstić information content (AvgIpc) is 3.51. The van der Waals surface area contributed by atoms with Gasteiger partial charge in [0.2, 0.25) is 0 Å². The minimum absolute atomic E-state index is 0.228. The SMILES string of the molecule is CCCOC(=O)C(=CSc1cccc2c1sc1ccccc12)CSc1cccc2c1sc1ccccc12. The van der Waals surface area contributed by atoms with E-state index >= 15 is 0 Å². The Kier molecular flexibility index (Phi) is 7.25. The highest BCUT2D eigenvalue weighted by molar-refractivity contribution is 8.02. The summed E-state index contributed by atoms with van der Waals surface area (Å²) < 4.78 is 10.7. The molecule has 6 rings (SSSR count). The fraction of sp³-hybridized carbons (Fsp3) is 0.129. The lowest BCUT2D eigenvalue weighted by Gasteiger charge is -2.09. The Bertz CT molecular complexity index is 1780. The van der Waals surface area contributed by atoms with Crippen LogP contribution in [0.2, 0.25) is 0 Å². The molecule has 0 N–H and O–H groups in total. The lowest BCUT2D eigenvalue weighted by Crippen LogP contribution is -2.10. The first-order valence-corrected chi connectivity index (χ1v) is 15.7. The molecule has 184 valence electrons. The third-order valence-corrected chi connectivity index (χ3v) is 10.9. The quantitative estimate of drug-likeness (QED) is 0.106. The first kappa shape index (κ1) is 24.6. The van der Waals surface area contributed by atoms with Crippen LogP contribution in [-0.4, -0.2) is 18.3 Å². The van der Waals surface area contributed by atoms with Gasteiger partial charge < -0.3 is 4.74 Å². The largest absolute Gasteiger partial charge is 0.462 e. The Morgan fingerprint density at radius 1 is 0.757 bits per heavy atom. The number of hydrogen-bond donors (Lipinski definition) is 0. The summed E-state index contributed by atoms with van der Waals surface area (Å²) in [6.45, 7) is 2.45. The minimum Gasteiger partial charge on any atom is -0.462 e. The number of carbonyl (C=O) groups is 1. The van der Waals surface area contributed by atoms with Crippen molar-refractivity contribution in [3.8, 4) is 0 Å². The smallest absolute Gasteiger partial charge is 0.335 e. The maximum absolute atomic E-state index is 13.0. The van der Waals surface area contributed by atoms with Crippen LogP contribution >= 0.6 is 46.2 Å². The Morgan fingerprint density at radius 3 is 1.97 bits per heavy atom. The van der Waals surface area contributed by atoms with E-state index in [0.29, 0.717) is 17.9 Å². The van der Waals surface area contributed by atoms with Gasteiger partial charge in [-0.05, 0) is 36.1 Å². The Balaban J connectivity index is 1.31. The second-order valence-electron chi connectivity index (χ2n) is 8.65. The molecule has 0 saturated heterocycles. The number of ether oxygens (including phenoxy) is 1. The molecule has 0 aliphatic carbocycles. The Hall–Kier alpha value is -2.77. The zero-order valence-corrected chi connectivity index (χ0v) is 23.5. The van der Waals surface area contributed by atoms with E-state index in [9.17, 15) is 4.79 Å². The molecule has 0 bridgehead atoms. The number of fused-ring (bicyclic) bond motifs is 6. The van der Waals surface area contributed by atoms with Crippen molar-refractivity contribution in [1.82, 2.24) is 0 Å². The number of carbonyl (C=O) groups excluding carboxylic acids is 1. The predicted molar refractivity (Wildman–Crippen MR) is 165 cm³/mol. The molecule has 0 amide bonds. The molecule has 0 spiro atoms. The van der Waals surface area contributed by atoms with E-state index in [1.165, 1.54) is 45.2 Å². The number of esters is 1. The molecule has 0 aliphatic heterocycles. The van der Waals surface area contributed by atoms with Crippen molar-refractivity contribution in [1.29, 1.82) is 0 Å². The lowest BCUT2D eigenvalue weighted by molar-refractivity contribution is -0.138. The summed E-state index contributed by atoms with van der Waals surface area (Å²) in [6.07, 6.45) is 0.807. The van der Waals surface area contributed by atoms with Crippen LogP contribution in [0.4, 0.5) is 0 Å². The minimum atomic E-state index is -0.228. The number of benzene rings is 4. The van der Waals surface area contributed by atoms with Gasteiger partial charge in [0.25, 0.3) is 0 Å². The summed E-state index contributed by atoms with van der Waals surface area (Å²) >= 11 is 6.94. The van der Waals surface area contributed by atoms with Gasteiger partial charge in [0.15, 0.2) is 0 Å². The zero-order valence-electron chi connectivity index (χ0n) is 20.2. The van der Waals surface area contributed by atoms with E-state index in [0.717, 1.165) is 11.3 Å². The molecule has 2 nitrogen and oxygen atoms in total. The molecule has 4 aromatic carbocycles. The van der Waals surface area contributed by atoms with Crippen LogP contribution in [0.3, 0.4) is 0 Å². The summed E-state index contributed by atoms with van der Waals surface area (Å²) in [5.74, 6) is 0.333. The summed E-state index contributed by atoms with van der Waals surface area (Å²) in [5, 5.41) is 7.10. The molecular weight excluding hydrogens is 533 g/mol. The maximum atomic E-state index is 13.0. The van der Waals surface area contributed by atoms with E-state index in [-0.39, 0.29) is 5.97 Å². The van der Waals surface area contributed by atoms with Gasteiger partial charge in [-0.15, -0.1) is 34.4 Å². The molecule has 0 saturated carbocycles. The fourth-order valence-electron chi connectivity index (χ4n) is 4.37. The molecule has 2 heterocycles. The summed E-state index contributed by atoms with van der Waals surface area (Å²) in [5.41, 5.74) is 0.694. The van der Waals surface area contributed by atoms with E-state index in [2.05, 4.69) is 84.9 Å². The standard InChI is InChI=1S/C31H24O2S4/c1-2-17-33-31(32)20(18-34-27-15-7-11-23-21-9-3-5-13-25(21)36-29(23)27)19-35-28-16-8-12-24-22-10-4-6-14-26(22)37-30(24)28/h3-16,18H,2,17,19H2,1H3. The van der Waals surface area contributed by atoms with Crippen LogP contribution in [0.15, 0.2) is 106 Å². The number of thiophene rings is 2. The average molecular weight is 557 g/mol. The molecule has 0 unspecified atom stereocenters. The van der Waals surface area contributed by atoms with Crippen LogP contribution in [-0.2, 0) is 9.53 Å². The predicted octanol–water partition coefficient (Wildman–Crippen LogP) is 10.1. The van der Waals surface area contributed by atoms with Crippen molar-refractivity contribution >= 4 is 92.5 Å². The molecule has 6 aromatic rings. The van der Waals surface area contributed by atoms with Crippen molar-refractivity contribution in [2.24, 2.45) is 0 Å². The van der Waals surface area contributed by atoms with E-state index < -0.39 is 0 Å². The topological polar surface area (TPSA) is 26.3 Å². The monoisotopic (exact) mass is 556 g/mol. The second kappa shape index (κ2) is 10.9. The van der Waals surface area contributed by atoms with Gasteiger partial charge in [-0.2, -0.15) is 0 Å². The summed E-state index contributed by atoms with van der Waals surface area (Å²) in [4.78, 5) is 15.4. The molecule has 0 atom stereocenters. The fourth-order valence-corrected chi connectivity index (χ4v) is 9.02. The normalized spacial score (nSPS) is 12.2. The third kappa shape index (κ3) is 4.91. The van der Waals surface area contributed by atoms with Gasteiger partial charge in [0.05, 0.1) is 12.2 Å². The summed E-state index contributed by atoms with van der Waals surface area (Å²) in [6, 6.07) is 29.9. The number of hydrogen-bond acceptors (Lipinski definition) is 6. The second-order valence-corrected chi connectivity index (χ2v) is 12.7. The molecule has 0 fully saturated rings. The molecule has 0 aliphatic rings. The highest BCUT2D eigenvalue weighted by Crippen LogP contribution is 2.42. The molecule has 2 aromatic heterocycles. The van der Waals surface area contributed by atoms with E-state index in [1.54, 1.807) is 34.9 Å². The zero-order chi connectivity index (χ0) is 25.2. The summed E-state index contributed by atoms with van der Waals surface area (Å²) in [7, 11) is 0. The Morgan fingerprint density at radius 2 is 1.32 bits per heavy atom. The molecule has 37 heavy (non-hydrogen) atoms. The van der Waals surface area contributed by atoms with E-state index in [4.69, 9.17) is 4.74 Å². The van der Waals surface area contributed by atoms with Crippen LogP contribution in [0, 0.1) is 0 Å². The number of thioether (sulfide) groups is 2. The van der Waals surface area contributed by atoms with Crippen molar-refractivity contribution in [3.05, 3.63) is 95.9 Å². The van der Waals surface area contributed by atoms with Gasteiger partial charge in [0, 0.05) is 55.9 Å². The van der Waals surface area contributed by atoms with Crippen molar-refractivity contribution in [2.75, 3.05) is 12.4 Å². The molecular formula is C31H24O2S4. The highest BCUT2D eigenvalue weighted by Gasteiger charge is 2.16. The van der Waals surface area contributed by atoms with Gasteiger partial charge in [-0.1, -0.05) is 79.3 Å². The molecule has 0 radical (unpaired) electrons. The van der Waals surface area contributed by atoms with Crippen molar-refractivity contribution in [2.45, 2.75) is 23.1 Å². The van der Waals surface area contributed by atoms with Crippen molar-refractivity contribution < 1.29 is 9.53 Å². The third-order valence-electron chi connectivity index (χ3n) is 6.15.